The summed E-state index contributed by atoms with van der Waals surface area (Å²) in [4.78, 5) is 0. The minimum atomic E-state index is -0.359. The number of hydrogen-bond donors (Lipinski definition) is 0. The minimum absolute atomic E-state index is 0.359. The Hall–Kier alpha value is -0.0831. The first-order valence-corrected chi connectivity index (χ1v) is 6.33. The van der Waals surface area contributed by atoms with Gasteiger partial charge in [0.1, 0.15) is 0 Å². The molecule has 1 nitrogen and oxygen atoms in total. The molecule has 1 rings (SSSR count). The summed E-state index contributed by atoms with van der Waals surface area (Å²) < 4.78 is 5.63. The molecule has 1 aliphatic rings. The van der Waals surface area contributed by atoms with Crippen molar-refractivity contribution >= 4 is 9.76 Å². The van der Waals surface area contributed by atoms with E-state index in [1.807, 2.05) is 0 Å². The molecular weight excluding hydrogens is 164 g/mol. The van der Waals surface area contributed by atoms with E-state index in [1.54, 1.807) is 0 Å². The van der Waals surface area contributed by atoms with Crippen LogP contribution in [0.4, 0.5) is 0 Å². The van der Waals surface area contributed by atoms with Crippen LogP contribution in [0.1, 0.15) is 39.0 Å². The summed E-state index contributed by atoms with van der Waals surface area (Å²) in [5.74, 6) is 0. The monoisotopic (exact) mass is 184 g/mol. The van der Waals surface area contributed by atoms with Gasteiger partial charge in [-0.15, -0.1) is 6.58 Å². The van der Waals surface area contributed by atoms with Crippen LogP contribution >= 0.6 is 0 Å². The Morgan fingerprint density at radius 2 is 2.08 bits per heavy atom. The fourth-order valence-corrected chi connectivity index (χ4v) is 3.49. The average molecular weight is 184 g/mol. The van der Waals surface area contributed by atoms with Crippen LogP contribution in [0.2, 0.25) is 5.04 Å². The molecule has 0 aliphatic heterocycles. The topological polar surface area (TPSA) is 9.23 Å². The van der Waals surface area contributed by atoms with Gasteiger partial charge in [0.15, 0.2) is 9.76 Å². The molecule has 1 fully saturated rings. The van der Waals surface area contributed by atoms with E-state index in [1.165, 1.54) is 32.1 Å². The van der Waals surface area contributed by atoms with Crippen LogP contribution in [0.15, 0.2) is 12.7 Å². The Morgan fingerprint density at radius 1 is 1.42 bits per heavy atom. The van der Waals surface area contributed by atoms with Crippen LogP contribution in [-0.4, -0.2) is 16.4 Å². The molecule has 0 aromatic heterocycles. The minimum Gasteiger partial charge on any atom is -0.423 e. The van der Waals surface area contributed by atoms with E-state index >= 15 is 0 Å². The Bertz CT molecular complexity index is 139. The first-order chi connectivity index (χ1) is 5.83. The maximum atomic E-state index is 5.63. The molecule has 0 aromatic rings. The van der Waals surface area contributed by atoms with Crippen molar-refractivity contribution in [2.24, 2.45) is 0 Å². The van der Waals surface area contributed by atoms with Crippen LogP contribution < -0.4 is 0 Å². The summed E-state index contributed by atoms with van der Waals surface area (Å²) in [6.07, 6.45) is 9.02. The standard InChI is InChI=1S/C10H20OSi/c1-3-10(12-11-4-2)8-6-5-7-9-10/h3H,1,4-9,12H2,2H3. The number of rotatable bonds is 4. The van der Waals surface area contributed by atoms with Gasteiger partial charge in [-0.2, -0.15) is 0 Å². The maximum Gasteiger partial charge on any atom is 0.171 e. The van der Waals surface area contributed by atoms with Crippen molar-refractivity contribution < 1.29 is 4.43 Å². The van der Waals surface area contributed by atoms with Gasteiger partial charge in [-0.1, -0.05) is 25.3 Å². The molecular formula is C10H20OSi. The Labute approximate surface area is 78.1 Å². The zero-order valence-electron chi connectivity index (χ0n) is 8.14. The van der Waals surface area contributed by atoms with E-state index in [2.05, 4.69) is 19.6 Å². The molecule has 2 heteroatoms. The summed E-state index contributed by atoms with van der Waals surface area (Å²) >= 11 is 0. The third-order valence-electron chi connectivity index (χ3n) is 2.88. The van der Waals surface area contributed by atoms with Crippen molar-refractivity contribution in [1.29, 1.82) is 0 Å². The SMILES string of the molecule is C=CC1([SiH2]OCC)CCCCC1. The van der Waals surface area contributed by atoms with Gasteiger partial charge >= 0.3 is 0 Å². The van der Waals surface area contributed by atoms with Crippen molar-refractivity contribution in [2.45, 2.75) is 44.1 Å². The lowest BCUT2D eigenvalue weighted by Gasteiger charge is -2.33. The van der Waals surface area contributed by atoms with Gasteiger partial charge in [-0.3, -0.25) is 0 Å². The molecule has 0 spiro atoms. The predicted octanol–water partition coefficient (Wildman–Crippen LogP) is 2.42. The van der Waals surface area contributed by atoms with Crippen LogP contribution in [0, 0.1) is 0 Å². The molecule has 0 heterocycles. The summed E-state index contributed by atoms with van der Waals surface area (Å²) in [6, 6.07) is 0. The highest BCUT2D eigenvalue weighted by molar-refractivity contribution is 6.33. The highest BCUT2D eigenvalue weighted by Gasteiger charge is 2.29. The normalized spacial score (nSPS) is 23.1. The van der Waals surface area contributed by atoms with Gasteiger partial charge in [-0.05, 0) is 19.8 Å². The fourth-order valence-electron chi connectivity index (χ4n) is 1.97. The quantitative estimate of drug-likeness (QED) is 0.481. The second kappa shape index (κ2) is 4.82. The highest BCUT2D eigenvalue weighted by atomic mass is 28.2. The predicted molar refractivity (Wildman–Crippen MR) is 56.1 cm³/mol. The van der Waals surface area contributed by atoms with Crippen molar-refractivity contribution in [3.8, 4) is 0 Å². The second-order valence-corrected chi connectivity index (χ2v) is 5.87. The molecule has 0 atom stereocenters. The van der Waals surface area contributed by atoms with Gasteiger partial charge < -0.3 is 4.43 Å². The van der Waals surface area contributed by atoms with E-state index in [4.69, 9.17) is 4.43 Å². The first-order valence-electron chi connectivity index (χ1n) is 5.04. The number of allylic oxidation sites excluding steroid dienone is 1. The smallest absolute Gasteiger partial charge is 0.171 e. The largest absolute Gasteiger partial charge is 0.423 e. The second-order valence-electron chi connectivity index (χ2n) is 3.76. The molecule has 0 radical (unpaired) electrons. The van der Waals surface area contributed by atoms with Gasteiger partial charge in [-0.25, -0.2) is 0 Å². The van der Waals surface area contributed by atoms with Crippen LogP contribution in [-0.2, 0) is 4.43 Å². The van der Waals surface area contributed by atoms with Gasteiger partial charge in [0.25, 0.3) is 0 Å². The van der Waals surface area contributed by atoms with Crippen molar-refractivity contribution in [1.82, 2.24) is 0 Å². The summed E-state index contributed by atoms with van der Waals surface area (Å²) in [7, 11) is -0.359. The van der Waals surface area contributed by atoms with E-state index in [0.29, 0.717) is 5.04 Å². The third kappa shape index (κ3) is 2.46. The van der Waals surface area contributed by atoms with Crippen molar-refractivity contribution in [2.75, 3.05) is 6.61 Å². The molecule has 1 saturated carbocycles. The van der Waals surface area contributed by atoms with Gasteiger partial charge in [0, 0.05) is 11.6 Å². The number of hydrogen-bond acceptors (Lipinski definition) is 1. The zero-order chi connectivity index (χ0) is 8.86. The van der Waals surface area contributed by atoms with E-state index in [9.17, 15) is 0 Å². The van der Waals surface area contributed by atoms with Crippen LogP contribution in [0.3, 0.4) is 0 Å². The van der Waals surface area contributed by atoms with E-state index in [0.717, 1.165) is 6.61 Å². The average Bonchev–Trinajstić information content (AvgIpc) is 2.16. The molecule has 70 valence electrons. The van der Waals surface area contributed by atoms with E-state index in [-0.39, 0.29) is 9.76 Å². The van der Waals surface area contributed by atoms with Gasteiger partial charge in [0.05, 0.1) is 0 Å². The molecule has 0 N–H and O–H groups in total. The maximum absolute atomic E-state index is 5.63. The Morgan fingerprint density at radius 3 is 2.58 bits per heavy atom. The molecule has 0 bridgehead atoms. The fraction of sp³-hybridized carbons (Fsp3) is 0.800. The molecule has 0 amide bonds. The Balaban J connectivity index is 2.42. The first kappa shape index (κ1) is 10.0. The Kier molecular flexibility index (Phi) is 4.02. The third-order valence-corrected chi connectivity index (χ3v) is 5.06. The van der Waals surface area contributed by atoms with Crippen molar-refractivity contribution in [3.05, 3.63) is 12.7 Å². The summed E-state index contributed by atoms with van der Waals surface area (Å²) in [5, 5.41) is 0.453. The van der Waals surface area contributed by atoms with Gasteiger partial charge in [0.2, 0.25) is 0 Å². The molecule has 0 saturated heterocycles. The van der Waals surface area contributed by atoms with Crippen LogP contribution in [0.5, 0.6) is 0 Å². The van der Waals surface area contributed by atoms with E-state index < -0.39 is 0 Å². The van der Waals surface area contributed by atoms with Crippen LogP contribution in [0.25, 0.3) is 0 Å². The molecule has 0 unspecified atom stereocenters. The summed E-state index contributed by atoms with van der Waals surface area (Å²) in [6.45, 7) is 6.94. The zero-order valence-corrected chi connectivity index (χ0v) is 9.56. The van der Waals surface area contributed by atoms with Crippen molar-refractivity contribution in [3.63, 3.8) is 0 Å². The highest BCUT2D eigenvalue weighted by Crippen LogP contribution is 2.43. The lowest BCUT2D eigenvalue weighted by molar-refractivity contribution is 0.318. The summed E-state index contributed by atoms with van der Waals surface area (Å²) in [5.41, 5.74) is 0. The molecule has 0 aromatic carbocycles. The lowest BCUT2D eigenvalue weighted by Crippen LogP contribution is -2.23. The lowest BCUT2D eigenvalue weighted by atomic mass is 9.88. The molecule has 12 heavy (non-hydrogen) atoms. The molecule has 1 aliphatic carbocycles.